The Hall–Kier alpha value is -6.14. The molecule has 4 N–H and O–H groups in total. The van der Waals surface area contributed by atoms with Gasteiger partial charge in [0.1, 0.15) is 19.0 Å². The summed E-state index contributed by atoms with van der Waals surface area (Å²) in [6, 6.07) is 35.0. The van der Waals surface area contributed by atoms with Crippen LogP contribution < -0.4 is 5.46 Å². The van der Waals surface area contributed by atoms with E-state index in [0.29, 0.717) is 5.56 Å². The van der Waals surface area contributed by atoms with Crippen molar-refractivity contribution in [1.29, 1.82) is 0 Å². The van der Waals surface area contributed by atoms with Crippen molar-refractivity contribution in [2.45, 2.75) is 12.8 Å². The lowest BCUT2D eigenvalue weighted by atomic mass is 9.80. The second kappa shape index (κ2) is 10.4. The fourth-order valence-electron chi connectivity index (χ4n) is 7.48. The van der Waals surface area contributed by atoms with Crippen LogP contribution in [0, 0.1) is 0 Å². The molecule has 1 heterocycles. The maximum absolute atomic E-state index is 10.6. The molecule has 0 saturated carbocycles. The predicted molar refractivity (Wildman–Crippen MR) is 194 cm³/mol. The van der Waals surface area contributed by atoms with Gasteiger partial charge in [-0.2, -0.15) is 0 Å². The van der Waals surface area contributed by atoms with E-state index >= 15 is 0 Å². The van der Waals surface area contributed by atoms with Gasteiger partial charge in [0.25, 0.3) is 0 Å². The van der Waals surface area contributed by atoms with Gasteiger partial charge in [-0.1, -0.05) is 97.1 Å². The maximum atomic E-state index is 10.6. The van der Waals surface area contributed by atoms with E-state index in [9.17, 15) is 20.4 Å². The summed E-state index contributed by atoms with van der Waals surface area (Å²) in [5.41, 5.74) is 8.42. The lowest BCUT2D eigenvalue weighted by Gasteiger charge is -2.24. The summed E-state index contributed by atoms with van der Waals surface area (Å²) in [4.78, 5) is 0. The molecule has 0 spiro atoms. The van der Waals surface area contributed by atoms with Crippen molar-refractivity contribution < 1.29 is 24.8 Å². The van der Waals surface area contributed by atoms with Gasteiger partial charge in [-0.15, -0.1) is 0 Å². The summed E-state index contributed by atoms with van der Waals surface area (Å²) in [6.45, 7) is 0. The Bertz CT molecular complexity index is 2640. The largest absolute Gasteiger partial charge is 0.505 e. The van der Waals surface area contributed by atoms with Gasteiger partial charge in [0.15, 0.2) is 23.0 Å². The minimum atomic E-state index is -0.680. The van der Waals surface area contributed by atoms with Crippen LogP contribution in [0.2, 0.25) is 0 Å². The van der Waals surface area contributed by atoms with Gasteiger partial charge in [-0.3, -0.25) is 0 Å². The Morgan fingerprint density at radius 3 is 1.90 bits per heavy atom. The van der Waals surface area contributed by atoms with Crippen LogP contribution in [0.4, 0.5) is 0 Å². The molecule has 48 heavy (non-hydrogen) atoms. The molecule has 8 aromatic rings. The summed E-state index contributed by atoms with van der Waals surface area (Å²) in [5, 5.41) is 48.4. The van der Waals surface area contributed by atoms with Crippen molar-refractivity contribution in [3.05, 3.63) is 120 Å². The van der Waals surface area contributed by atoms with Crippen LogP contribution >= 0.6 is 0 Å². The number of benzene rings is 7. The van der Waals surface area contributed by atoms with Crippen molar-refractivity contribution in [1.82, 2.24) is 0 Å². The number of furan rings is 1. The zero-order valence-electron chi connectivity index (χ0n) is 25.7. The highest BCUT2D eigenvalue weighted by molar-refractivity contribution is 6.37. The van der Waals surface area contributed by atoms with Gasteiger partial charge in [-0.05, 0) is 91.6 Å². The third-order valence-corrected chi connectivity index (χ3v) is 9.75. The molecular formula is C42H27BO5. The number of fused-ring (bicyclic) bond motifs is 7. The van der Waals surface area contributed by atoms with Gasteiger partial charge in [0.05, 0.1) is 5.56 Å². The van der Waals surface area contributed by atoms with Gasteiger partial charge >= 0.3 is 0 Å². The molecular weight excluding hydrogens is 595 g/mol. The van der Waals surface area contributed by atoms with E-state index in [1.54, 1.807) is 12.1 Å². The second-order valence-electron chi connectivity index (χ2n) is 12.4. The second-order valence-corrected chi connectivity index (χ2v) is 12.4. The van der Waals surface area contributed by atoms with Crippen LogP contribution in [0.15, 0.2) is 114 Å². The fraction of sp³-hybridized carbons (Fsp3) is 0.0476. The predicted octanol–water partition coefficient (Wildman–Crippen LogP) is 9.47. The SMILES string of the molecule is [B]c1c(O)c(O)c(-c2ccc(-c3c4c(c(-c5ccc6oc7c8ccccc8ccc7c6c5)c5ccccc35)CCC=C4)cc2)c(O)c1O. The quantitative estimate of drug-likeness (QED) is 0.0895. The van der Waals surface area contributed by atoms with E-state index in [-0.39, 0.29) is 5.56 Å². The van der Waals surface area contributed by atoms with Crippen molar-refractivity contribution in [2.24, 2.45) is 0 Å². The molecule has 1 aliphatic rings. The van der Waals surface area contributed by atoms with Gasteiger partial charge < -0.3 is 24.8 Å². The Labute approximate surface area is 276 Å². The number of allylic oxidation sites excluding steroid dienone is 1. The molecule has 1 aliphatic carbocycles. The Balaban J connectivity index is 1.25. The van der Waals surface area contributed by atoms with Gasteiger partial charge in [0.2, 0.25) is 0 Å². The van der Waals surface area contributed by atoms with Crippen LogP contribution in [0.25, 0.3) is 82.9 Å². The summed E-state index contributed by atoms with van der Waals surface area (Å²) in [6.07, 6.45) is 6.25. The Morgan fingerprint density at radius 1 is 0.542 bits per heavy atom. The topological polar surface area (TPSA) is 94.1 Å². The molecule has 6 heteroatoms. The van der Waals surface area contributed by atoms with E-state index < -0.39 is 28.5 Å². The molecule has 0 atom stereocenters. The van der Waals surface area contributed by atoms with Crippen LogP contribution in [-0.4, -0.2) is 28.3 Å². The number of hydrogen-bond acceptors (Lipinski definition) is 5. The lowest BCUT2D eigenvalue weighted by Crippen LogP contribution is -2.05. The first-order chi connectivity index (χ1) is 23.4. The smallest absolute Gasteiger partial charge is 0.168 e. The molecule has 0 unspecified atom stereocenters. The maximum Gasteiger partial charge on any atom is 0.168 e. The third kappa shape index (κ3) is 3.99. The number of phenols is 4. The Kier molecular flexibility index (Phi) is 6.12. The van der Waals surface area contributed by atoms with Crippen molar-refractivity contribution >= 4 is 62.9 Å². The van der Waals surface area contributed by atoms with Gasteiger partial charge in [-0.25, -0.2) is 0 Å². The van der Waals surface area contributed by atoms with Crippen LogP contribution in [0.1, 0.15) is 17.5 Å². The summed E-state index contributed by atoms with van der Waals surface area (Å²) in [5.74, 6) is -2.55. The van der Waals surface area contributed by atoms with Crippen molar-refractivity contribution in [3.63, 3.8) is 0 Å². The molecule has 0 fully saturated rings. The number of hydrogen-bond donors (Lipinski definition) is 4. The Morgan fingerprint density at radius 2 is 1.17 bits per heavy atom. The van der Waals surface area contributed by atoms with E-state index in [0.717, 1.165) is 78.6 Å². The number of phenolic OH excluding ortho intramolecular Hbond substituents is 4. The van der Waals surface area contributed by atoms with E-state index in [4.69, 9.17) is 12.3 Å². The molecule has 9 rings (SSSR count). The summed E-state index contributed by atoms with van der Waals surface area (Å²) in [7, 11) is 5.64. The summed E-state index contributed by atoms with van der Waals surface area (Å²) < 4.78 is 6.43. The zero-order valence-corrected chi connectivity index (χ0v) is 25.7. The molecule has 228 valence electrons. The normalized spacial score (nSPS) is 12.8. The molecule has 0 aliphatic heterocycles. The highest BCUT2D eigenvalue weighted by Gasteiger charge is 2.24. The summed E-state index contributed by atoms with van der Waals surface area (Å²) >= 11 is 0. The lowest BCUT2D eigenvalue weighted by molar-refractivity contribution is 0.380. The van der Waals surface area contributed by atoms with Gasteiger partial charge in [0, 0.05) is 16.2 Å². The number of aromatic hydroxyl groups is 4. The molecule has 0 bridgehead atoms. The average molecular weight is 622 g/mol. The first kappa shape index (κ1) is 28.1. The highest BCUT2D eigenvalue weighted by atomic mass is 16.3. The molecule has 2 radical (unpaired) electrons. The standard InChI is InChI=1S/C42H27BO5/c43-37-40(46)38(44)36(39(45)41(37)47)24-15-13-23(14-16-24)34-27-9-3-5-11-29(27)35(30-12-6-4-10-28(30)34)25-18-20-33-32(21-25)31-19-17-22-7-1-2-8-26(22)42(31)48-33/h1-5,7-11,13-21,44-47H,6,12H2. The van der Waals surface area contributed by atoms with Crippen molar-refractivity contribution in [2.75, 3.05) is 0 Å². The minimum absolute atomic E-state index is 0.0944. The first-order valence-electron chi connectivity index (χ1n) is 15.8. The zero-order chi connectivity index (χ0) is 32.7. The van der Waals surface area contributed by atoms with Crippen LogP contribution in [0.3, 0.4) is 0 Å². The molecule has 0 saturated heterocycles. The minimum Gasteiger partial charge on any atom is -0.505 e. The third-order valence-electron chi connectivity index (χ3n) is 9.75. The van der Waals surface area contributed by atoms with Crippen molar-refractivity contribution in [3.8, 4) is 56.4 Å². The van der Waals surface area contributed by atoms with Crippen LogP contribution in [-0.2, 0) is 6.42 Å². The molecule has 1 aromatic heterocycles. The molecule has 7 aromatic carbocycles. The van der Waals surface area contributed by atoms with Crippen LogP contribution in [0.5, 0.6) is 23.0 Å². The molecule has 5 nitrogen and oxygen atoms in total. The molecule has 0 amide bonds. The van der Waals surface area contributed by atoms with E-state index in [1.807, 2.05) is 24.3 Å². The monoisotopic (exact) mass is 622 g/mol. The first-order valence-corrected chi connectivity index (χ1v) is 15.8. The highest BCUT2D eigenvalue weighted by Crippen LogP contribution is 2.49. The number of rotatable bonds is 3. The van der Waals surface area contributed by atoms with E-state index in [2.05, 4.69) is 78.9 Å². The van der Waals surface area contributed by atoms with E-state index in [1.165, 1.54) is 11.1 Å². The average Bonchev–Trinajstić information content (AvgIpc) is 3.51. The fourth-order valence-corrected chi connectivity index (χ4v) is 7.48.